The molecule has 0 aromatic heterocycles. The Bertz CT molecular complexity index is 170. The summed E-state index contributed by atoms with van der Waals surface area (Å²) in [5.41, 5.74) is 0.414. The summed E-state index contributed by atoms with van der Waals surface area (Å²) < 4.78 is 0. The van der Waals surface area contributed by atoms with Gasteiger partial charge in [0, 0.05) is 5.56 Å². The molecule has 1 aromatic carbocycles. The van der Waals surface area contributed by atoms with E-state index in [9.17, 15) is 5.11 Å². The molecular formula is C7H7O2. The highest BCUT2D eigenvalue weighted by Gasteiger charge is 1.99. The zero-order chi connectivity index (χ0) is 6.69. The lowest BCUT2D eigenvalue weighted by Crippen LogP contribution is -1.90. The molecule has 47 valence electrons. The molecule has 0 aliphatic rings. The predicted molar refractivity (Wildman–Crippen MR) is 32.1 cm³/mol. The van der Waals surface area contributed by atoms with Crippen LogP contribution in [0, 0.1) is 0 Å². The van der Waals surface area contributed by atoms with E-state index in [1.165, 1.54) is 0 Å². The molecule has 0 amide bonds. The molecule has 1 rings (SSSR count). The van der Waals surface area contributed by atoms with Crippen LogP contribution in [-0.4, -0.2) is 5.11 Å². The zero-order valence-corrected chi connectivity index (χ0v) is 4.82. The number of hydrogen-bond acceptors (Lipinski definition) is 1. The fourth-order valence-electron chi connectivity index (χ4n) is 0.618. The second-order valence-corrected chi connectivity index (χ2v) is 1.76. The van der Waals surface area contributed by atoms with Crippen molar-refractivity contribution in [1.29, 1.82) is 0 Å². The number of rotatable bonds is 1. The van der Waals surface area contributed by atoms with E-state index in [0.29, 0.717) is 5.56 Å². The van der Waals surface area contributed by atoms with E-state index in [2.05, 4.69) is 0 Å². The Morgan fingerprint density at radius 2 is 1.78 bits per heavy atom. The second kappa shape index (κ2) is 2.62. The van der Waals surface area contributed by atoms with Crippen LogP contribution in [0.25, 0.3) is 0 Å². The van der Waals surface area contributed by atoms with Crippen LogP contribution in [0.2, 0.25) is 0 Å². The van der Waals surface area contributed by atoms with Crippen LogP contribution >= 0.6 is 0 Å². The lowest BCUT2D eigenvalue weighted by molar-refractivity contribution is -0.0951. The van der Waals surface area contributed by atoms with Gasteiger partial charge in [0.25, 0.3) is 0 Å². The third-order valence-electron chi connectivity index (χ3n) is 1.08. The SMILES string of the molecule is [O]C(O)c1ccccc1. The Morgan fingerprint density at radius 3 is 2.11 bits per heavy atom. The fraction of sp³-hybridized carbons (Fsp3) is 0.143. The van der Waals surface area contributed by atoms with E-state index >= 15 is 0 Å². The van der Waals surface area contributed by atoms with E-state index in [1.54, 1.807) is 30.3 Å². The molecule has 0 spiro atoms. The summed E-state index contributed by atoms with van der Waals surface area (Å²) in [6.45, 7) is 0. The third kappa shape index (κ3) is 1.52. The smallest absolute Gasteiger partial charge is 0.215 e. The van der Waals surface area contributed by atoms with Crippen molar-refractivity contribution in [2.45, 2.75) is 6.29 Å². The number of aliphatic hydroxyl groups excluding tert-OH is 1. The van der Waals surface area contributed by atoms with Crippen LogP contribution in [0.3, 0.4) is 0 Å². The van der Waals surface area contributed by atoms with E-state index in [0.717, 1.165) is 0 Å². The van der Waals surface area contributed by atoms with Gasteiger partial charge in [0.15, 0.2) is 0 Å². The molecule has 1 atom stereocenters. The van der Waals surface area contributed by atoms with Crippen LogP contribution in [0.1, 0.15) is 11.9 Å². The van der Waals surface area contributed by atoms with Gasteiger partial charge in [-0.3, -0.25) is 0 Å². The highest BCUT2D eigenvalue weighted by atomic mass is 16.5. The molecule has 9 heavy (non-hydrogen) atoms. The van der Waals surface area contributed by atoms with Crippen molar-refractivity contribution in [3.05, 3.63) is 35.9 Å². The molecule has 1 unspecified atom stereocenters. The van der Waals surface area contributed by atoms with Gasteiger partial charge < -0.3 is 5.11 Å². The minimum Gasteiger partial charge on any atom is -0.362 e. The van der Waals surface area contributed by atoms with Crippen LogP contribution in [0.4, 0.5) is 0 Å². The summed E-state index contributed by atoms with van der Waals surface area (Å²) in [6.07, 6.45) is -1.59. The zero-order valence-electron chi connectivity index (χ0n) is 4.82. The van der Waals surface area contributed by atoms with Gasteiger partial charge in [-0.25, -0.2) is 0 Å². The maximum Gasteiger partial charge on any atom is 0.215 e. The Hall–Kier alpha value is -0.860. The van der Waals surface area contributed by atoms with Crippen molar-refractivity contribution in [2.24, 2.45) is 0 Å². The summed E-state index contributed by atoms with van der Waals surface area (Å²) in [5, 5.41) is 18.8. The summed E-state index contributed by atoms with van der Waals surface area (Å²) in [6, 6.07) is 8.42. The van der Waals surface area contributed by atoms with Crippen molar-refractivity contribution in [3.8, 4) is 0 Å². The lowest BCUT2D eigenvalue weighted by Gasteiger charge is -1.97. The second-order valence-electron chi connectivity index (χ2n) is 1.76. The largest absolute Gasteiger partial charge is 0.362 e. The molecular weight excluding hydrogens is 116 g/mol. The Kier molecular flexibility index (Phi) is 1.82. The first-order chi connectivity index (χ1) is 4.30. The van der Waals surface area contributed by atoms with Crippen molar-refractivity contribution in [1.82, 2.24) is 0 Å². The highest BCUT2D eigenvalue weighted by Crippen LogP contribution is 2.07. The monoisotopic (exact) mass is 123 g/mol. The molecule has 0 saturated carbocycles. The van der Waals surface area contributed by atoms with Crippen LogP contribution in [0.5, 0.6) is 0 Å². The first kappa shape index (κ1) is 6.26. The molecule has 1 aromatic rings. The molecule has 0 fully saturated rings. The molecule has 2 heteroatoms. The van der Waals surface area contributed by atoms with Crippen LogP contribution < -0.4 is 0 Å². The van der Waals surface area contributed by atoms with E-state index < -0.39 is 6.29 Å². The number of benzene rings is 1. The summed E-state index contributed by atoms with van der Waals surface area (Å²) in [7, 11) is 0. The first-order valence-corrected chi connectivity index (χ1v) is 2.69. The maximum absolute atomic E-state index is 10.3. The molecule has 1 radical (unpaired) electrons. The third-order valence-corrected chi connectivity index (χ3v) is 1.08. The molecule has 0 heterocycles. The molecule has 0 aliphatic carbocycles. The standard InChI is InChI=1S/C7H7O2/c8-7(9)6-4-2-1-3-5-6/h1-5,7-8H. The fourth-order valence-corrected chi connectivity index (χ4v) is 0.618. The number of hydrogen-bond donors (Lipinski definition) is 1. The average molecular weight is 123 g/mol. The van der Waals surface area contributed by atoms with Crippen molar-refractivity contribution >= 4 is 0 Å². The summed E-state index contributed by atoms with van der Waals surface area (Å²) >= 11 is 0. The Balaban J connectivity index is 2.85. The minimum absolute atomic E-state index is 0.414. The van der Waals surface area contributed by atoms with Gasteiger partial charge in [0.1, 0.15) is 0 Å². The topological polar surface area (TPSA) is 40.1 Å². The van der Waals surface area contributed by atoms with E-state index in [-0.39, 0.29) is 0 Å². The molecule has 0 aliphatic heterocycles. The van der Waals surface area contributed by atoms with Gasteiger partial charge >= 0.3 is 0 Å². The minimum atomic E-state index is -1.59. The van der Waals surface area contributed by atoms with E-state index in [1.807, 2.05) is 0 Å². The van der Waals surface area contributed by atoms with Gasteiger partial charge in [0.05, 0.1) is 0 Å². The summed E-state index contributed by atoms with van der Waals surface area (Å²) in [4.78, 5) is 0. The highest BCUT2D eigenvalue weighted by molar-refractivity contribution is 5.14. The normalized spacial score (nSPS) is 10.1. The van der Waals surface area contributed by atoms with Crippen LogP contribution in [0.15, 0.2) is 30.3 Å². The van der Waals surface area contributed by atoms with Crippen LogP contribution in [-0.2, 0) is 5.11 Å². The molecule has 2 nitrogen and oxygen atoms in total. The van der Waals surface area contributed by atoms with Gasteiger partial charge in [-0.1, -0.05) is 30.3 Å². The number of aliphatic hydroxyl groups is 1. The van der Waals surface area contributed by atoms with Crippen molar-refractivity contribution in [3.63, 3.8) is 0 Å². The first-order valence-electron chi connectivity index (χ1n) is 2.69. The summed E-state index contributed by atoms with van der Waals surface area (Å²) in [5.74, 6) is 0. The predicted octanol–water partition coefficient (Wildman–Crippen LogP) is 1.11. The van der Waals surface area contributed by atoms with Crippen molar-refractivity contribution < 1.29 is 10.2 Å². The maximum atomic E-state index is 10.3. The Labute approximate surface area is 53.4 Å². The van der Waals surface area contributed by atoms with Gasteiger partial charge in [-0.2, -0.15) is 5.11 Å². The Morgan fingerprint density at radius 1 is 1.22 bits per heavy atom. The van der Waals surface area contributed by atoms with Gasteiger partial charge in [0.2, 0.25) is 6.29 Å². The van der Waals surface area contributed by atoms with Gasteiger partial charge in [-0.15, -0.1) is 0 Å². The van der Waals surface area contributed by atoms with Crippen molar-refractivity contribution in [2.75, 3.05) is 0 Å². The molecule has 0 saturated heterocycles. The molecule has 0 bridgehead atoms. The average Bonchev–Trinajstić information content (AvgIpc) is 1.90. The lowest BCUT2D eigenvalue weighted by atomic mass is 10.2. The van der Waals surface area contributed by atoms with E-state index in [4.69, 9.17) is 5.11 Å². The van der Waals surface area contributed by atoms with Gasteiger partial charge in [-0.05, 0) is 0 Å². The quantitative estimate of drug-likeness (QED) is 0.558. The molecule has 1 N–H and O–H groups in total.